The number of nitrogens with zero attached hydrogens (tertiary/aromatic N) is 5. The second kappa shape index (κ2) is 4.98. The molecule has 0 amide bonds. The third kappa shape index (κ3) is 2.32. The van der Waals surface area contributed by atoms with E-state index < -0.39 is 0 Å². The van der Waals surface area contributed by atoms with E-state index in [0.717, 1.165) is 38.5 Å². The molecular formula is C11H17N7O. The van der Waals surface area contributed by atoms with E-state index in [2.05, 4.69) is 25.1 Å². The second-order valence-corrected chi connectivity index (χ2v) is 4.61. The van der Waals surface area contributed by atoms with Crippen molar-refractivity contribution in [2.24, 2.45) is 5.73 Å². The highest BCUT2D eigenvalue weighted by molar-refractivity contribution is 5.45. The first-order valence-corrected chi connectivity index (χ1v) is 6.40. The minimum atomic E-state index is -0.307. The highest BCUT2D eigenvalue weighted by Gasteiger charge is 2.18. The molecule has 1 aliphatic rings. The number of fused-ring (bicyclic) bond motifs is 1. The van der Waals surface area contributed by atoms with Crippen molar-refractivity contribution in [3.05, 3.63) is 22.6 Å². The fourth-order valence-electron chi connectivity index (χ4n) is 2.35. The number of H-pyrrole nitrogens is 1. The van der Waals surface area contributed by atoms with Gasteiger partial charge >= 0.3 is 5.69 Å². The standard InChI is InChI=1S/C11H17N7O/c12-3-4-16-5-7-17(8-6-16)10-2-1-9-13-14-11(19)18(9)15-10/h1-2H,3-8,12H2,(H,14,19). The van der Waals surface area contributed by atoms with Gasteiger partial charge in [-0.1, -0.05) is 0 Å². The number of aromatic amines is 1. The molecule has 102 valence electrons. The van der Waals surface area contributed by atoms with Crippen LogP contribution in [0.5, 0.6) is 0 Å². The third-order valence-electron chi connectivity index (χ3n) is 3.40. The molecule has 0 atom stereocenters. The molecule has 3 N–H and O–H groups in total. The van der Waals surface area contributed by atoms with Gasteiger partial charge in [0.25, 0.3) is 0 Å². The fraction of sp³-hybridized carbons (Fsp3) is 0.545. The summed E-state index contributed by atoms with van der Waals surface area (Å²) in [6, 6.07) is 3.70. The Morgan fingerprint density at radius 3 is 2.79 bits per heavy atom. The molecule has 0 aliphatic carbocycles. The van der Waals surface area contributed by atoms with Crippen LogP contribution in [0.25, 0.3) is 5.65 Å². The molecule has 0 spiro atoms. The van der Waals surface area contributed by atoms with Gasteiger partial charge in [-0.25, -0.2) is 9.89 Å². The van der Waals surface area contributed by atoms with E-state index in [1.165, 1.54) is 4.52 Å². The van der Waals surface area contributed by atoms with E-state index in [4.69, 9.17) is 5.73 Å². The largest absolute Gasteiger partial charge is 0.364 e. The molecule has 3 heterocycles. The van der Waals surface area contributed by atoms with E-state index in [-0.39, 0.29) is 5.69 Å². The first-order chi connectivity index (χ1) is 9.28. The van der Waals surface area contributed by atoms with Gasteiger partial charge in [-0.15, -0.1) is 5.10 Å². The van der Waals surface area contributed by atoms with Gasteiger partial charge in [0.15, 0.2) is 5.65 Å². The predicted octanol–water partition coefficient (Wildman–Crippen LogP) is -1.50. The van der Waals surface area contributed by atoms with Gasteiger partial charge in [-0.05, 0) is 12.1 Å². The Labute approximate surface area is 109 Å². The summed E-state index contributed by atoms with van der Waals surface area (Å²) in [6.45, 7) is 5.35. The molecular weight excluding hydrogens is 246 g/mol. The monoisotopic (exact) mass is 263 g/mol. The summed E-state index contributed by atoms with van der Waals surface area (Å²) in [5.74, 6) is 0.809. The lowest BCUT2D eigenvalue weighted by Crippen LogP contribution is -2.48. The highest BCUT2D eigenvalue weighted by Crippen LogP contribution is 2.12. The van der Waals surface area contributed by atoms with Gasteiger partial charge < -0.3 is 10.6 Å². The molecule has 0 bridgehead atoms. The Hall–Kier alpha value is -1.93. The van der Waals surface area contributed by atoms with Crippen LogP contribution in [-0.2, 0) is 0 Å². The average molecular weight is 263 g/mol. The summed E-state index contributed by atoms with van der Waals surface area (Å²) in [6.07, 6.45) is 0. The SMILES string of the molecule is NCCN1CCN(c2ccc3n[nH]c(=O)n3n2)CC1. The number of nitrogens with two attached hydrogens (primary N) is 1. The zero-order valence-electron chi connectivity index (χ0n) is 10.6. The third-order valence-corrected chi connectivity index (χ3v) is 3.40. The summed E-state index contributed by atoms with van der Waals surface area (Å²) >= 11 is 0. The van der Waals surface area contributed by atoms with Crippen LogP contribution in [0.15, 0.2) is 16.9 Å². The van der Waals surface area contributed by atoms with Gasteiger partial charge in [0.1, 0.15) is 5.82 Å². The summed E-state index contributed by atoms with van der Waals surface area (Å²) in [5, 5.41) is 10.6. The Morgan fingerprint density at radius 2 is 2.05 bits per heavy atom. The van der Waals surface area contributed by atoms with Gasteiger partial charge in [0.2, 0.25) is 0 Å². The number of nitrogens with one attached hydrogen (secondary N) is 1. The van der Waals surface area contributed by atoms with Gasteiger partial charge in [-0.3, -0.25) is 4.90 Å². The van der Waals surface area contributed by atoms with Crippen LogP contribution < -0.4 is 16.3 Å². The Morgan fingerprint density at radius 1 is 1.26 bits per heavy atom. The lowest BCUT2D eigenvalue weighted by Gasteiger charge is -2.34. The van der Waals surface area contributed by atoms with E-state index in [1.54, 1.807) is 6.07 Å². The van der Waals surface area contributed by atoms with Crippen molar-refractivity contribution in [1.29, 1.82) is 0 Å². The predicted molar refractivity (Wildman–Crippen MR) is 71.3 cm³/mol. The summed E-state index contributed by atoms with van der Waals surface area (Å²) in [7, 11) is 0. The molecule has 3 rings (SSSR count). The van der Waals surface area contributed by atoms with Gasteiger partial charge in [0, 0.05) is 39.3 Å². The molecule has 0 unspecified atom stereocenters. The van der Waals surface area contributed by atoms with E-state index >= 15 is 0 Å². The van der Waals surface area contributed by atoms with Crippen molar-refractivity contribution in [2.75, 3.05) is 44.2 Å². The molecule has 1 aliphatic heterocycles. The number of aromatic nitrogens is 4. The summed E-state index contributed by atoms with van der Waals surface area (Å²) in [4.78, 5) is 16.0. The van der Waals surface area contributed by atoms with Crippen LogP contribution in [0, 0.1) is 0 Å². The molecule has 8 nitrogen and oxygen atoms in total. The summed E-state index contributed by atoms with van der Waals surface area (Å²) in [5.41, 5.74) is 5.79. The normalized spacial score (nSPS) is 17.2. The maximum Gasteiger partial charge on any atom is 0.364 e. The van der Waals surface area contributed by atoms with Crippen LogP contribution in [-0.4, -0.2) is 64.0 Å². The molecule has 2 aromatic rings. The van der Waals surface area contributed by atoms with Crippen LogP contribution in [0.4, 0.5) is 5.82 Å². The average Bonchev–Trinajstić information content (AvgIpc) is 2.81. The van der Waals surface area contributed by atoms with Crippen molar-refractivity contribution < 1.29 is 0 Å². The zero-order chi connectivity index (χ0) is 13.2. The van der Waals surface area contributed by atoms with Crippen molar-refractivity contribution in [2.45, 2.75) is 0 Å². The quantitative estimate of drug-likeness (QED) is 0.699. The van der Waals surface area contributed by atoms with E-state index in [1.807, 2.05) is 6.07 Å². The first kappa shape index (κ1) is 12.1. The van der Waals surface area contributed by atoms with Gasteiger partial charge in [-0.2, -0.15) is 9.61 Å². The molecule has 2 aromatic heterocycles. The van der Waals surface area contributed by atoms with Crippen molar-refractivity contribution >= 4 is 11.5 Å². The van der Waals surface area contributed by atoms with Crippen molar-refractivity contribution in [3.63, 3.8) is 0 Å². The molecule has 0 saturated carbocycles. The van der Waals surface area contributed by atoms with Crippen molar-refractivity contribution in [3.8, 4) is 0 Å². The molecule has 1 saturated heterocycles. The van der Waals surface area contributed by atoms with E-state index in [0.29, 0.717) is 12.2 Å². The molecule has 0 aromatic carbocycles. The Kier molecular flexibility index (Phi) is 3.18. The minimum absolute atomic E-state index is 0.307. The van der Waals surface area contributed by atoms with Crippen LogP contribution in [0.3, 0.4) is 0 Å². The Balaban J connectivity index is 1.78. The number of anilines is 1. The lowest BCUT2D eigenvalue weighted by molar-refractivity contribution is 0.264. The molecule has 0 radical (unpaired) electrons. The van der Waals surface area contributed by atoms with Crippen LogP contribution in [0.1, 0.15) is 0 Å². The number of hydrogen-bond donors (Lipinski definition) is 2. The maximum atomic E-state index is 11.5. The Bertz CT molecular complexity index is 611. The number of rotatable bonds is 3. The highest BCUT2D eigenvalue weighted by atomic mass is 16.2. The molecule has 1 fully saturated rings. The maximum absolute atomic E-state index is 11.5. The topological polar surface area (TPSA) is 95.5 Å². The fourth-order valence-corrected chi connectivity index (χ4v) is 2.35. The van der Waals surface area contributed by atoms with E-state index in [9.17, 15) is 4.79 Å². The minimum Gasteiger partial charge on any atom is -0.353 e. The van der Waals surface area contributed by atoms with Gasteiger partial charge in [0.05, 0.1) is 0 Å². The van der Waals surface area contributed by atoms with Crippen LogP contribution >= 0.6 is 0 Å². The van der Waals surface area contributed by atoms with Crippen LogP contribution in [0.2, 0.25) is 0 Å². The number of hydrogen-bond acceptors (Lipinski definition) is 6. The lowest BCUT2D eigenvalue weighted by atomic mass is 10.3. The second-order valence-electron chi connectivity index (χ2n) is 4.61. The summed E-state index contributed by atoms with van der Waals surface area (Å²) < 4.78 is 1.29. The number of piperazine rings is 1. The van der Waals surface area contributed by atoms with Crippen molar-refractivity contribution in [1.82, 2.24) is 24.7 Å². The molecule has 8 heteroatoms. The smallest absolute Gasteiger partial charge is 0.353 e. The zero-order valence-corrected chi connectivity index (χ0v) is 10.6. The first-order valence-electron chi connectivity index (χ1n) is 6.40. The molecule has 19 heavy (non-hydrogen) atoms.